The molecule has 0 fully saturated rings. The molecule has 0 saturated carbocycles. The third kappa shape index (κ3) is 8.28. The van der Waals surface area contributed by atoms with Crippen molar-refractivity contribution in [1.29, 1.82) is 0 Å². The average Bonchev–Trinajstić information content (AvgIpc) is 2.88. The number of aryl methyl sites for hydroxylation is 1. The van der Waals surface area contributed by atoms with Crippen molar-refractivity contribution in [3.8, 4) is 0 Å². The number of amides is 2. The summed E-state index contributed by atoms with van der Waals surface area (Å²) in [5.74, 6) is -0.748. The maximum Gasteiger partial charge on any atom is 0.264 e. The van der Waals surface area contributed by atoms with Crippen LogP contribution in [0.1, 0.15) is 45.2 Å². The molecule has 0 radical (unpaired) electrons. The minimum absolute atomic E-state index is 0.0824. The number of benzene rings is 3. The lowest BCUT2D eigenvalue weighted by Gasteiger charge is -2.34. The zero-order valence-electron chi connectivity index (χ0n) is 23.0. The van der Waals surface area contributed by atoms with Gasteiger partial charge in [-0.3, -0.25) is 13.9 Å². The van der Waals surface area contributed by atoms with Crippen LogP contribution in [0.5, 0.6) is 0 Å². The van der Waals surface area contributed by atoms with Crippen LogP contribution >= 0.6 is 22.6 Å². The summed E-state index contributed by atoms with van der Waals surface area (Å²) in [5, 5.41) is 2.98. The number of carbonyl (C=O) groups excluding carboxylic acids is 2. The Hall–Kier alpha value is -2.92. The molecule has 0 aliphatic carbocycles. The lowest BCUT2D eigenvalue weighted by molar-refractivity contribution is -0.141. The molecule has 1 atom stereocenters. The standard InChI is InChI=1S/C30H36IN3O4S/c1-6-27(29(36)32-30(3,4)5)33(20-23-14-12-22(2)13-15-23)28(35)21-34(25-18-16-24(31)17-19-25)39(37,38)26-10-8-7-9-11-26/h7-19,27H,6,20-21H2,1-5H3,(H,32,36). The van der Waals surface area contributed by atoms with Crippen LogP contribution < -0.4 is 9.62 Å². The number of nitrogens with one attached hydrogen (secondary N) is 1. The summed E-state index contributed by atoms with van der Waals surface area (Å²) >= 11 is 2.15. The molecule has 3 aromatic carbocycles. The first-order chi connectivity index (χ1) is 18.3. The first-order valence-electron chi connectivity index (χ1n) is 12.8. The molecule has 39 heavy (non-hydrogen) atoms. The fourth-order valence-corrected chi connectivity index (χ4v) is 5.91. The van der Waals surface area contributed by atoms with Gasteiger partial charge in [0, 0.05) is 15.7 Å². The smallest absolute Gasteiger partial charge is 0.264 e. The van der Waals surface area contributed by atoms with E-state index < -0.39 is 34.1 Å². The number of carbonyl (C=O) groups is 2. The highest BCUT2D eigenvalue weighted by molar-refractivity contribution is 14.1. The highest BCUT2D eigenvalue weighted by atomic mass is 127. The Kier molecular flexibility index (Phi) is 10.2. The minimum atomic E-state index is -4.07. The fourth-order valence-electron chi connectivity index (χ4n) is 4.12. The summed E-state index contributed by atoms with van der Waals surface area (Å²) in [6.07, 6.45) is 0.370. The normalized spacial score (nSPS) is 12.5. The van der Waals surface area contributed by atoms with Gasteiger partial charge in [0.15, 0.2) is 0 Å². The predicted molar refractivity (Wildman–Crippen MR) is 164 cm³/mol. The molecule has 0 heterocycles. The molecule has 7 nitrogen and oxygen atoms in total. The van der Waals surface area contributed by atoms with Crippen LogP contribution in [0, 0.1) is 10.5 Å². The third-order valence-corrected chi connectivity index (χ3v) is 8.59. The number of nitrogens with zero attached hydrogens (tertiary/aromatic N) is 2. The zero-order chi connectivity index (χ0) is 28.8. The van der Waals surface area contributed by atoms with Crippen molar-refractivity contribution in [2.45, 2.75) is 64.1 Å². The molecular formula is C30H36IN3O4S. The molecule has 0 aliphatic heterocycles. The van der Waals surface area contributed by atoms with E-state index in [1.165, 1.54) is 17.0 Å². The largest absolute Gasteiger partial charge is 0.350 e. The van der Waals surface area contributed by atoms with Crippen LogP contribution in [0.25, 0.3) is 0 Å². The maximum absolute atomic E-state index is 14.1. The highest BCUT2D eigenvalue weighted by Crippen LogP contribution is 2.25. The van der Waals surface area contributed by atoms with Gasteiger partial charge in [0.25, 0.3) is 10.0 Å². The molecule has 1 N–H and O–H groups in total. The molecule has 3 aromatic rings. The summed E-state index contributed by atoms with van der Waals surface area (Å²) in [6, 6.07) is 22.0. The van der Waals surface area contributed by atoms with Crippen molar-refractivity contribution in [3.63, 3.8) is 0 Å². The van der Waals surface area contributed by atoms with Crippen molar-refractivity contribution in [1.82, 2.24) is 10.2 Å². The molecule has 0 bridgehead atoms. The summed E-state index contributed by atoms with van der Waals surface area (Å²) in [4.78, 5) is 29.0. The van der Waals surface area contributed by atoms with Gasteiger partial charge >= 0.3 is 0 Å². The van der Waals surface area contributed by atoms with Crippen LogP contribution in [-0.4, -0.2) is 43.3 Å². The second kappa shape index (κ2) is 13.0. The lowest BCUT2D eigenvalue weighted by Crippen LogP contribution is -2.55. The number of sulfonamides is 1. The van der Waals surface area contributed by atoms with Crippen LogP contribution in [0.3, 0.4) is 0 Å². The average molecular weight is 662 g/mol. The van der Waals surface area contributed by atoms with E-state index in [1.54, 1.807) is 42.5 Å². The SMILES string of the molecule is CCC(C(=O)NC(C)(C)C)N(Cc1ccc(C)cc1)C(=O)CN(c1ccc(I)cc1)S(=O)(=O)c1ccccc1. The first-order valence-corrected chi connectivity index (χ1v) is 15.3. The molecule has 3 rings (SSSR count). The Labute approximate surface area is 245 Å². The van der Waals surface area contributed by atoms with E-state index in [1.807, 2.05) is 58.9 Å². The van der Waals surface area contributed by atoms with E-state index in [0.717, 1.165) is 19.0 Å². The second-order valence-corrected chi connectivity index (χ2v) is 13.6. The monoisotopic (exact) mass is 661 g/mol. The van der Waals surface area contributed by atoms with E-state index in [4.69, 9.17) is 0 Å². The summed E-state index contributed by atoms with van der Waals surface area (Å²) in [6.45, 7) is 9.19. The Morgan fingerprint density at radius 3 is 2.05 bits per heavy atom. The second-order valence-electron chi connectivity index (χ2n) is 10.5. The van der Waals surface area contributed by atoms with Crippen molar-refractivity contribution in [3.05, 3.63) is 93.6 Å². The molecule has 0 aromatic heterocycles. The number of hydrogen-bond acceptors (Lipinski definition) is 4. The van der Waals surface area contributed by atoms with Crippen LogP contribution in [0.4, 0.5) is 5.69 Å². The van der Waals surface area contributed by atoms with Crippen molar-refractivity contribution < 1.29 is 18.0 Å². The Morgan fingerprint density at radius 2 is 1.51 bits per heavy atom. The minimum Gasteiger partial charge on any atom is -0.350 e. The molecule has 208 valence electrons. The molecule has 0 saturated heterocycles. The van der Waals surface area contributed by atoms with Gasteiger partial charge in [-0.1, -0.05) is 55.0 Å². The number of anilines is 1. The van der Waals surface area contributed by atoms with E-state index in [-0.39, 0.29) is 17.3 Å². The number of rotatable bonds is 10. The number of halogens is 1. The van der Waals surface area contributed by atoms with Gasteiger partial charge in [-0.2, -0.15) is 0 Å². The van der Waals surface area contributed by atoms with Crippen LogP contribution in [-0.2, 0) is 26.2 Å². The maximum atomic E-state index is 14.1. The molecule has 0 aliphatic rings. The molecule has 2 amide bonds. The molecular weight excluding hydrogens is 625 g/mol. The third-order valence-electron chi connectivity index (χ3n) is 6.08. The Balaban J connectivity index is 2.05. The van der Waals surface area contributed by atoms with Gasteiger partial charge in [-0.25, -0.2) is 8.42 Å². The van der Waals surface area contributed by atoms with Gasteiger partial charge in [0.2, 0.25) is 11.8 Å². The predicted octanol–water partition coefficient (Wildman–Crippen LogP) is 5.52. The summed E-state index contributed by atoms with van der Waals surface area (Å²) in [7, 11) is -4.07. The van der Waals surface area contributed by atoms with E-state index in [9.17, 15) is 18.0 Å². The molecule has 0 spiro atoms. The zero-order valence-corrected chi connectivity index (χ0v) is 26.0. The summed E-state index contributed by atoms with van der Waals surface area (Å²) in [5.41, 5.74) is 1.80. The number of hydrogen-bond donors (Lipinski definition) is 1. The van der Waals surface area contributed by atoms with Gasteiger partial charge in [0.1, 0.15) is 12.6 Å². The fraction of sp³-hybridized carbons (Fsp3) is 0.333. The quantitative estimate of drug-likeness (QED) is 0.290. The van der Waals surface area contributed by atoms with Gasteiger partial charge in [-0.05, 0) is 98.7 Å². The van der Waals surface area contributed by atoms with Gasteiger partial charge in [-0.15, -0.1) is 0 Å². The van der Waals surface area contributed by atoms with E-state index >= 15 is 0 Å². The van der Waals surface area contributed by atoms with Crippen molar-refractivity contribution in [2.75, 3.05) is 10.8 Å². The van der Waals surface area contributed by atoms with Gasteiger partial charge < -0.3 is 10.2 Å². The van der Waals surface area contributed by atoms with Crippen molar-refractivity contribution in [2.24, 2.45) is 0 Å². The molecule has 1 unspecified atom stereocenters. The lowest BCUT2D eigenvalue weighted by atomic mass is 10.1. The van der Waals surface area contributed by atoms with Crippen LogP contribution in [0.2, 0.25) is 0 Å². The van der Waals surface area contributed by atoms with Crippen molar-refractivity contribution >= 4 is 50.1 Å². The Bertz CT molecular complexity index is 1370. The highest BCUT2D eigenvalue weighted by Gasteiger charge is 2.34. The van der Waals surface area contributed by atoms with Crippen LogP contribution in [0.15, 0.2) is 83.8 Å². The Morgan fingerprint density at radius 1 is 0.923 bits per heavy atom. The van der Waals surface area contributed by atoms with E-state index in [2.05, 4.69) is 27.9 Å². The topological polar surface area (TPSA) is 86.8 Å². The first kappa shape index (κ1) is 30.6. The molecule has 9 heteroatoms. The van der Waals surface area contributed by atoms with Gasteiger partial charge in [0.05, 0.1) is 10.6 Å². The summed E-state index contributed by atoms with van der Waals surface area (Å²) < 4.78 is 29.7. The van der Waals surface area contributed by atoms with E-state index in [0.29, 0.717) is 12.1 Å².